The Kier molecular flexibility index (Phi) is 9.99. The summed E-state index contributed by atoms with van der Waals surface area (Å²) in [4.78, 5) is 26.1. The maximum absolute atomic E-state index is 11.7. The Bertz CT molecular complexity index is 337. The highest BCUT2D eigenvalue weighted by atomic mass is 16.7. The summed E-state index contributed by atoms with van der Waals surface area (Å²) in [6, 6.07) is 0. The molecule has 0 heterocycles. The molecule has 0 radical (unpaired) electrons. The first-order valence-electron chi connectivity index (χ1n) is 6.37. The molecule has 21 heavy (non-hydrogen) atoms. The Balaban J connectivity index is 4.25. The summed E-state index contributed by atoms with van der Waals surface area (Å²) in [6.45, 7) is 15.0. The van der Waals surface area contributed by atoms with Crippen molar-refractivity contribution in [2.24, 2.45) is 0 Å². The van der Waals surface area contributed by atoms with Crippen molar-refractivity contribution in [1.82, 2.24) is 9.80 Å². The molecule has 0 saturated heterocycles. The third-order valence-corrected chi connectivity index (χ3v) is 2.28. The fourth-order valence-electron chi connectivity index (χ4n) is 1.38. The van der Waals surface area contributed by atoms with Gasteiger partial charge in [0.05, 0.1) is 0 Å². The van der Waals surface area contributed by atoms with E-state index in [4.69, 9.17) is 9.47 Å². The molecule has 0 spiro atoms. The summed E-state index contributed by atoms with van der Waals surface area (Å²) >= 11 is 0. The molecule has 0 N–H and O–H groups in total. The summed E-state index contributed by atoms with van der Waals surface area (Å²) < 4.78 is 9.71. The molecule has 0 atom stereocenters. The van der Waals surface area contributed by atoms with Crippen LogP contribution in [-0.2, 0) is 9.47 Å². The molecule has 0 aromatic rings. The van der Waals surface area contributed by atoms with Gasteiger partial charge < -0.3 is 19.3 Å². The van der Waals surface area contributed by atoms with Gasteiger partial charge in [0, 0.05) is 26.2 Å². The van der Waals surface area contributed by atoms with E-state index in [1.165, 1.54) is 9.80 Å². The molecule has 0 fully saturated rings. The summed E-state index contributed by atoms with van der Waals surface area (Å²) in [7, 11) is 0. The van der Waals surface area contributed by atoms with Gasteiger partial charge in [-0.05, 0) is 0 Å². The molecule has 0 aliphatic rings. The average Bonchev–Trinajstić information content (AvgIpc) is 2.46. The molecule has 2 amide bonds. The second kappa shape index (κ2) is 11.3. The van der Waals surface area contributed by atoms with Crippen LogP contribution in [0.2, 0.25) is 0 Å². The summed E-state index contributed by atoms with van der Waals surface area (Å²) in [5.74, 6) is 0. The predicted molar refractivity (Wildman–Crippen MR) is 81.8 cm³/mol. The minimum absolute atomic E-state index is 0.317. The van der Waals surface area contributed by atoms with Gasteiger partial charge in [-0.2, -0.15) is 0 Å². The molecule has 0 aromatic heterocycles. The van der Waals surface area contributed by atoms with Gasteiger partial charge >= 0.3 is 12.2 Å². The zero-order valence-corrected chi connectivity index (χ0v) is 12.2. The van der Waals surface area contributed by atoms with E-state index in [-0.39, 0.29) is 0 Å². The van der Waals surface area contributed by atoms with Crippen LogP contribution in [0, 0.1) is 0 Å². The van der Waals surface area contributed by atoms with Crippen molar-refractivity contribution < 1.29 is 19.1 Å². The van der Waals surface area contributed by atoms with Crippen molar-refractivity contribution in [2.75, 3.05) is 33.0 Å². The second-order valence-corrected chi connectivity index (χ2v) is 3.90. The van der Waals surface area contributed by atoms with Gasteiger partial charge in [0.1, 0.15) is 0 Å². The van der Waals surface area contributed by atoms with E-state index in [9.17, 15) is 9.59 Å². The minimum atomic E-state index is -0.610. The molecule has 0 aliphatic heterocycles. The number of hydrogen-bond donors (Lipinski definition) is 0. The van der Waals surface area contributed by atoms with Crippen LogP contribution in [-0.4, -0.2) is 55.0 Å². The van der Waals surface area contributed by atoms with E-state index in [1.54, 1.807) is 24.3 Å². The second-order valence-electron chi connectivity index (χ2n) is 3.90. The van der Waals surface area contributed by atoms with Crippen molar-refractivity contribution in [3.05, 3.63) is 50.6 Å². The molecule has 0 rings (SSSR count). The van der Waals surface area contributed by atoms with Gasteiger partial charge in [-0.15, -0.1) is 26.3 Å². The lowest BCUT2D eigenvalue weighted by Gasteiger charge is -2.21. The fraction of sp³-hybridized carbons (Fsp3) is 0.333. The molecule has 6 nitrogen and oxygen atoms in total. The lowest BCUT2D eigenvalue weighted by molar-refractivity contribution is -0.00113. The van der Waals surface area contributed by atoms with E-state index in [0.717, 1.165) is 0 Å². The van der Waals surface area contributed by atoms with Gasteiger partial charge in [-0.3, -0.25) is 0 Å². The van der Waals surface area contributed by atoms with Crippen molar-refractivity contribution in [2.45, 2.75) is 0 Å². The first-order chi connectivity index (χ1) is 10.1. The molecule has 0 bridgehead atoms. The predicted octanol–water partition coefficient (Wildman–Crippen LogP) is 2.57. The molecule has 0 unspecified atom stereocenters. The quantitative estimate of drug-likeness (QED) is 0.459. The normalized spacial score (nSPS) is 9.14. The van der Waals surface area contributed by atoms with Crippen LogP contribution >= 0.6 is 0 Å². The summed E-state index contributed by atoms with van der Waals surface area (Å²) in [5.41, 5.74) is 0. The lowest BCUT2D eigenvalue weighted by atomic mass is 10.5. The molecule has 6 heteroatoms. The Morgan fingerprint density at radius 1 is 0.714 bits per heavy atom. The first kappa shape index (κ1) is 18.5. The molecule has 0 aromatic carbocycles. The van der Waals surface area contributed by atoms with E-state index in [1.807, 2.05) is 0 Å². The van der Waals surface area contributed by atoms with Gasteiger partial charge in [0.25, 0.3) is 0 Å². The first-order valence-corrected chi connectivity index (χ1v) is 6.37. The third kappa shape index (κ3) is 7.61. The SMILES string of the molecule is C=CCN(CC=C)C(=O)OCOC(=O)N(CC=C)CC=C. The Morgan fingerprint density at radius 2 is 1.00 bits per heavy atom. The van der Waals surface area contributed by atoms with Crippen LogP contribution < -0.4 is 0 Å². The van der Waals surface area contributed by atoms with Gasteiger partial charge in [-0.1, -0.05) is 24.3 Å². The maximum atomic E-state index is 11.7. The van der Waals surface area contributed by atoms with Crippen molar-refractivity contribution in [3.8, 4) is 0 Å². The van der Waals surface area contributed by atoms with Gasteiger partial charge in [0.15, 0.2) is 0 Å². The molecular formula is C15H22N2O4. The van der Waals surface area contributed by atoms with E-state index >= 15 is 0 Å². The van der Waals surface area contributed by atoms with Crippen molar-refractivity contribution in [1.29, 1.82) is 0 Å². The number of carbonyl (C=O) groups excluding carboxylic acids is 2. The van der Waals surface area contributed by atoms with E-state index in [0.29, 0.717) is 26.2 Å². The van der Waals surface area contributed by atoms with Crippen LogP contribution in [0.1, 0.15) is 0 Å². The molecule has 0 saturated carbocycles. The number of nitrogens with zero attached hydrogens (tertiary/aromatic N) is 2. The third-order valence-electron chi connectivity index (χ3n) is 2.28. The standard InChI is InChI=1S/C15H22N2O4/c1-5-9-16(10-6-2)14(18)20-13-21-15(19)17(11-7-3)12-8-4/h5-8H,1-4,9-13H2. The highest BCUT2D eigenvalue weighted by molar-refractivity contribution is 5.69. The topological polar surface area (TPSA) is 59.1 Å². The van der Waals surface area contributed by atoms with Gasteiger partial charge in [-0.25, -0.2) is 9.59 Å². The minimum Gasteiger partial charge on any atom is -0.411 e. The number of carbonyl (C=O) groups is 2. The molecule has 0 aliphatic carbocycles. The fourth-order valence-corrected chi connectivity index (χ4v) is 1.38. The Labute approximate surface area is 125 Å². The highest BCUT2D eigenvalue weighted by Gasteiger charge is 2.15. The Hall–Kier alpha value is -2.50. The zero-order chi connectivity index (χ0) is 16.1. The van der Waals surface area contributed by atoms with Crippen molar-refractivity contribution in [3.63, 3.8) is 0 Å². The monoisotopic (exact) mass is 294 g/mol. The number of amides is 2. The van der Waals surface area contributed by atoms with Gasteiger partial charge in [0.2, 0.25) is 6.79 Å². The van der Waals surface area contributed by atoms with Crippen molar-refractivity contribution >= 4 is 12.2 Å². The van der Waals surface area contributed by atoms with Crippen LogP contribution in [0.3, 0.4) is 0 Å². The maximum Gasteiger partial charge on any atom is 0.413 e. The van der Waals surface area contributed by atoms with Crippen LogP contribution in [0.25, 0.3) is 0 Å². The lowest BCUT2D eigenvalue weighted by Crippen LogP contribution is -2.35. The summed E-state index contributed by atoms with van der Waals surface area (Å²) in [6.07, 6.45) is 5.03. The Morgan fingerprint density at radius 3 is 1.24 bits per heavy atom. The summed E-state index contributed by atoms with van der Waals surface area (Å²) in [5, 5.41) is 0. The van der Waals surface area contributed by atoms with E-state index in [2.05, 4.69) is 26.3 Å². The smallest absolute Gasteiger partial charge is 0.411 e. The zero-order valence-electron chi connectivity index (χ0n) is 12.2. The van der Waals surface area contributed by atoms with Crippen LogP contribution in [0.5, 0.6) is 0 Å². The highest BCUT2D eigenvalue weighted by Crippen LogP contribution is 1.99. The van der Waals surface area contributed by atoms with E-state index < -0.39 is 19.0 Å². The molecular weight excluding hydrogens is 272 g/mol. The van der Waals surface area contributed by atoms with Crippen LogP contribution in [0.4, 0.5) is 9.59 Å². The average molecular weight is 294 g/mol. The largest absolute Gasteiger partial charge is 0.413 e. The number of rotatable bonds is 10. The number of hydrogen-bond acceptors (Lipinski definition) is 4. The van der Waals surface area contributed by atoms with Crippen LogP contribution in [0.15, 0.2) is 50.6 Å². The molecule has 116 valence electrons. The number of ether oxygens (including phenoxy) is 2.